The van der Waals surface area contributed by atoms with Crippen LogP contribution in [0.2, 0.25) is 10.0 Å². The van der Waals surface area contributed by atoms with E-state index < -0.39 is 12.6 Å². The van der Waals surface area contributed by atoms with Crippen molar-refractivity contribution in [2.45, 2.75) is 12.6 Å². The first kappa shape index (κ1) is 12.5. The summed E-state index contributed by atoms with van der Waals surface area (Å²) in [7, 11) is 1.51. The molecule has 0 saturated carbocycles. The molecule has 17 heavy (non-hydrogen) atoms. The van der Waals surface area contributed by atoms with Crippen molar-refractivity contribution >= 4 is 34.2 Å². The third kappa shape index (κ3) is 2.50. The smallest absolute Gasteiger partial charge is 0.331 e. The van der Waals surface area contributed by atoms with E-state index in [4.69, 9.17) is 23.2 Å². The van der Waals surface area contributed by atoms with Gasteiger partial charge in [0.05, 0.1) is 21.1 Å². The highest BCUT2D eigenvalue weighted by molar-refractivity contribution is 6.42. The first-order valence-corrected chi connectivity index (χ1v) is 5.40. The second-order valence-corrected chi connectivity index (χ2v) is 4.45. The molecule has 0 saturated heterocycles. The summed E-state index contributed by atoms with van der Waals surface area (Å²) in [6.07, 6.45) is -5.36. The summed E-state index contributed by atoms with van der Waals surface area (Å²) in [5, 5.41) is 0.566. The quantitative estimate of drug-likeness (QED) is 0.774. The van der Waals surface area contributed by atoms with Crippen molar-refractivity contribution in [1.82, 2.24) is 9.55 Å². The standard InChI is InChI=1S/C10H7Cl2F3N2/c1-17-8-3-6(12)5(11)2-7(8)16-9(17)4-10(13,14)15/h2-3H,4H2,1H3. The number of halogens is 5. The topological polar surface area (TPSA) is 17.8 Å². The zero-order chi connectivity index (χ0) is 12.8. The fourth-order valence-electron chi connectivity index (χ4n) is 1.57. The van der Waals surface area contributed by atoms with E-state index in [2.05, 4.69) is 4.98 Å². The zero-order valence-corrected chi connectivity index (χ0v) is 10.2. The van der Waals surface area contributed by atoms with E-state index in [1.165, 1.54) is 23.7 Å². The Hall–Kier alpha value is -0.940. The third-order valence-electron chi connectivity index (χ3n) is 2.37. The van der Waals surface area contributed by atoms with Crippen LogP contribution in [-0.2, 0) is 13.5 Å². The highest BCUT2D eigenvalue weighted by Gasteiger charge is 2.30. The van der Waals surface area contributed by atoms with Crippen LogP contribution in [0.15, 0.2) is 12.1 Å². The van der Waals surface area contributed by atoms with Crippen LogP contribution in [0.25, 0.3) is 11.0 Å². The van der Waals surface area contributed by atoms with Gasteiger partial charge < -0.3 is 4.57 Å². The Balaban J connectivity index is 2.57. The van der Waals surface area contributed by atoms with Crippen LogP contribution < -0.4 is 0 Å². The summed E-state index contributed by atoms with van der Waals surface area (Å²) in [6, 6.07) is 2.96. The van der Waals surface area contributed by atoms with Crippen molar-refractivity contribution in [2.75, 3.05) is 0 Å². The van der Waals surface area contributed by atoms with Gasteiger partial charge in [-0.3, -0.25) is 0 Å². The van der Waals surface area contributed by atoms with Gasteiger partial charge in [-0.2, -0.15) is 13.2 Å². The number of rotatable bonds is 1. The van der Waals surface area contributed by atoms with Crippen LogP contribution in [0.1, 0.15) is 5.82 Å². The molecule has 0 radical (unpaired) electrons. The normalized spacial score (nSPS) is 12.4. The fourth-order valence-corrected chi connectivity index (χ4v) is 1.89. The first-order valence-electron chi connectivity index (χ1n) is 4.65. The number of nitrogens with zero attached hydrogens (tertiary/aromatic N) is 2. The van der Waals surface area contributed by atoms with Crippen molar-refractivity contribution in [2.24, 2.45) is 7.05 Å². The largest absolute Gasteiger partial charge is 0.396 e. The van der Waals surface area contributed by atoms with E-state index in [-0.39, 0.29) is 10.8 Å². The molecule has 2 aromatic rings. The molecular formula is C10H7Cl2F3N2. The van der Waals surface area contributed by atoms with E-state index in [1.54, 1.807) is 0 Å². The van der Waals surface area contributed by atoms with Gasteiger partial charge in [0.25, 0.3) is 0 Å². The third-order valence-corrected chi connectivity index (χ3v) is 3.10. The summed E-state index contributed by atoms with van der Waals surface area (Å²) < 4.78 is 38.3. The van der Waals surface area contributed by atoms with Gasteiger partial charge in [0.1, 0.15) is 12.2 Å². The Morgan fingerprint density at radius 3 is 2.41 bits per heavy atom. The van der Waals surface area contributed by atoms with Crippen LogP contribution in [-0.4, -0.2) is 15.7 Å². The predicted molar refractivity (Wildman–Crippen MR) is 60.5 cm³/mol. The van der Waals surface area contributed by atoms with Crippen LogP contribution in [0.5, 0.6) is 0 Å². The van der Waals surface area contributed by atoms with Crippen molar-refractivity contribution in [3.05, 3.63) is 28.0 Å². The maximum atomic E-state index is 12.3. The fraction of sp³-hybridized carbons (Fsp3) is 0.300. The molecule has 0 fully saturated rings. The van der Waals surface area contributed by atoms with Gasteiger partial charge in [0.2, 0.25) is 0 Å². The molecule has 7 heteroatoms. The van der Waals surface area contributed by atoms with Gasteiger partial charge in [-0.1, -0.05) is 23.2 Å². The van der Waals surface area contributed by atoms with Crippen molar-refractivity contribution in [1.29, 1.82) is 0 Å². The van der Waals surface area contributed by atoms with E-state index in [0.29, 0.717) is 16.1 Å². The van der Waals surface area contributed by atoms with Crippen LogP contribution >= 0.6 is 23.2 Å². The molecule has 1 aromatic heterocycles. The van der Waals surface area contributed by atoms with Crippen LogP contribution in [0.4, 0.5) is 13.2 Å². The lowest BCUT2D eigenvalue weighted by Gasteiger charge is -2.05. The van der Waals surface area contributed by atoms with Gasteiger partial charge >= 0.3 is 6.18 Å². The van der Waals surface area contributed by atoms with Gasteiger partial charge in [-0.05, 0) is 12.1 Å². The maximum Gasteiger partial charge on any atom is 0.396 e. The molecule has 92 valence electrons. The highest BCUT2D eigenvalue weighted by Crippen LogP contribution is 2.29. The van der Waals surface area contributed by atoms with E-state index in [9.17, 15) is 13.2 Å². The van der Waals surface area contributed by atoms with Crippen molar-refractivity contribution in [3.8, 4) is 0 Å². The zero-order valence-electron chi connectivity index (χ0n) is 8.65. The minimum absolute atomic E-state index is 0.0640. The second-order valence-electron chi connectivity index (χ2n) is 3.63. The van der Waals surface area contributed by atoms with Crippen molar-refractivity contribution < 1.29 is 13.2 Å². The van der Waals surface area contributed by atoms with Gasteiger partial charge in [0.15, 0.2) is 0 Å². The number of benzene rings is 1. The molecule has 0 aliphatic heterocycles. The molecule has 0 aliphatic rings. The van der Waals surface area contributed by atoms with E-state index in [1.807, 2.05) is 0 Å². The first-order chi connectivity index (χ1) is 7.78. The predicted octanol–water partition coefficient (Wildman–Crippen LogP) is 3.98. The van der Waals surface area contributed by atoms with Gasteiger partial charge in [-0.25, -0.2) is 4.98 Å². The molecule has 0 bridgehead atoms. The number of imidazole rings is 1. The lowest BCUT2D eigenvalue weighted by molar-refractivity contribution is -0.128. The van der Waals surface area contributed by atoms with Crippen LogP contribution in [0, 0.1) is 0 Å². The SMILES string of the molecule is Cn1c(CC(F)(F)F)nc2cc(Cl)c(Cl)cc21. The monoisotopic (exact) mass is 282 g/mol. The van der Waals surface area contributed by atoms with Crippen molar-refractivity contribution in [3.63, 3.8) is 0 Å². The highest BCUT2D eigenvalue weighted by atomic mass is 35.5. The van der Waals surface area contributed by atoms with E-state index in [0.717, 1.165) is 0 Å². The number of hydrogen-bond donors (Lipinski definition) is 0. The average Bonchev–Trinajstić information content (AvgIpc) is 2.43. The summed E-state index contributed by atoms with van der Waals surface area (Å²) >= 11 is 11.6. The molecule has 0 aliphatic carbocycles. The lowest BCUT2D eigenvalue weighted by Crippen LogP contribution is -2.15. The minimum atomic E-state index is -4.29. The average molecular weight is 283 g/mol. The van der Waals surface area contributed by atoms with E-state index >= 15 is 0 Å². The number of aryl methyl sites for hydroxylation is 1. The van der Waals surface area contributed by atoms with Crippen LogP contribution in [0.3, 0.4) is 0 Å². The molecule has 2 nitrogen and oxygen atoms in total. The minimum Gasteiger partial charge on any atom is -0.331 e. The maximum absolute atomic E-state index is 12.3. The second kappa shape index (κ2) is 4.07. The molecule has 0 amide bonds. The molecule has 0 unspecified atom stereocenters. The summed E-state index contributed by atoms with van der Waals surface area (Å²) in [5.74, 6) is -0.0640. The summed E-state index contributed by atoms with van der Waals surface area (Å²) in [5.41, 5.74) is 0.930. The number of hydrogen-bond acceptors (Lipinski definition) is 1. The Bertz CT molecular complexity index is 575. The molecule has 2 rings (SSSR count). The number of aromatic nitrogens is 2. The summed E-state index contributed by atoms with van der Waals surface area (Å²) in [4.78, 5) is 3.90. The molecular weight excluding hydrogens is 276 g/mol. The lowest BCUT2D eigenvalue weighted by atomic mass is 10.3. The van der Waals surface area contributed by atoms with Gasteiger partial charge in [0, 0.05) is 7.05 Å². The molecule has 1 heterocycles. The molecule has 0 atom stereocenters. The Kier molecular flexibility index (Phi) is 2.99. The molecule has 0 spiro atoms. The Morgan fingerprint density at radius 2 is 1.82 bits per heavy atom. The number of fused-ring (bicyclic) bond motifs is 1. The van der Waals surface area contributed by atoms with Gasteiger partial charge in [-0.15, -0.1) is 0 Å². The molecule has 0 N–H and O–H groups in total. The number of alkyl halides is 3. The Morgan fingerprint density at radius 1 is 1.24 bits per heavy atom. The molecule has 1 aromatic carbocycles. The summed E-state index contributed by atoms with van der Waals surface area (Å²) in [6.45, 7) is 0. The Labute approximate surface area is 105 Å².